The van der Waals surface area contributed by atoms with Crippen molar-refractivity contribution in [2.24, 2.45) is 0 Å². The molecule has 1 heterocycles. The molecule has 29 heavy (non-hydrogen) atoms. The van der Waals surface area contributed by atoms with Crippen molar-refractivity contribution < 1.29 is 13.9 Å². The van der Waals surface area contributed by atoms with E-state index in [0.29, 0.717) is 23.3 Å². The molecule has 0 bridgehead atoms. The van der Waals surface area contributed by atoms with Gasteiger partial charge in [-0.1, -0.05) is 6.92 Å². The van der Waals surface area contributed by atoms with Crippen LogP contribution in [0.2, 0.25) is 0 Å². The highest BCUT2D eigenvalue weighted by Gasteiger charge is 2.15. The lowest BCUT2D eigenvalue weighted by molar-refractivity contribution is 0.102. The van der Waals surface area contributed by atoms with E-state index < -0.39 is 11.5 Å². The van der Waals surface area contributed by atoms with E-state index in [2.05, 4.69) is 24.1 Å². The van der Waals surface area contributed by atoms with E-state index in [1.165, 1.54) is 0 Å². The van der Waals surface area contributed by atoms with Gasteiger partial charge >= 0.3 is 5.63 Å². The van der Waals surface area contributed by atoms with Crippen LogP contribution in [-0.2, 0) is 0 Å². The van der Waals surface area contributed by atoms with Crippen molar-refractivity contribution in [1.82, 2.24) is 0 Å². The van der Waals surface area contributed by atoms with Crippen LogP contribution >= 0.6 is 0 Å². The average molecular weight is 394 g/mol. The number of nitrogens with zero attached hydrogens (tertiary/aromatic N) is 1. The van der Waals surface area contributed by atoms with Crippen LogP contribution in [0.1, 0.15) is 37.6 Å². The zero-order chi connectivity index (χ0) is 20.8. The zero-order valence-corrected chi connectivity index (χ0v) is 17.0. The highest BCUT2D eigenvalue weighted by molar-refractivity contribution is 6.05. The smallest absolute Gasteiger partial charge is 0.349 e. The Morgan fingerprint density at radius 3 is 2.41 bits per heavy atom. The lowest BCUT2D eigenvalue weighted by Gasteiger charge is -2.21. The van der Waals surface area contributed by atoms with Crippen LogP contribution in [0.3, 0.4) is 0 Å². The number of amides is 1. The summed E-state index contributed by atoms with van der Waals surface area (Å²) in [5.41, 5.74) is 1.34. The summed E-state index contributed by atoms with van der Waals surface area (Å²) < 4.78 is 11.0. The van der Waals surface area contributed by atoms with E-state index in [4.69, 9.17) is 9.15 Å². The number of carbonyl (C=O) groups excluding carboxylic acids is 1. The van der Waals surface area contributed by atoms with Crippen molar-refractivity contribution in [2.75, 3.05) is 29.9 Å². The second-order valence-corrected chi connectivity index (χ2v) is 6.67. The molecule has 1 N–H and O–H groups in total. The molecule has 0 aliphatic heterocycles. The van der Waals surface area contributed by atoms with Crippen molar-refractivity contribution in [3.63, 3.8) is 0 Å². The van der Waals surface area contributed by atoms with E-state index in [0.717, 1.165) is 30.9 Å². The standard InChI is InChI=1S/C23H26N2O4/c1-4-13-28-19-11-8-17(9-12-19)24-22(26)20-14-16-7-10-18(25(5-2)6-3)15-21(16)29-23(20)27/h7-12,14-15H,4-6,13H2,1-3H3,(H,24,26). The number of anilines is 2. The van der Waals surface area contributed by atoms with Crippen LogP contribution in [0.15, 0.2) is 57.7 Å². The Kier molecular flexibility index (Phi) is 6.54. The topological polar surface area (TPSA) is 71.8 Å². The molecule has 0 spiro atoms. The first kappa shape index (κ1) is 20.5. The summed E-state index contributed by atoms with van der Waals surface area (Å²) in [5.74, 6) is 0.231. The first-order valence-electron chi connectivity index (χ1n) is 9.92. The quantitative estimate of drug-likeness (QED) is 0.562. The number of nitrogens with one attached hydrogen (secondary N) is 1. The molecule has 3 aromatic rings. The van der Waals surface area contributed by atoms with Crippen LogP contribution in [0, 0.1) is 0 Å². The zero-order valence-electron chi connectivity index (χ0n) is 17.0. The van der Waals surface area contributed by atoms with Crippen LogP contribution < -0.4 is 20.6 Å². The number of rotatable bonds is 8. The molecule has 1 aromatic heterocycles. The molecule has 6 heteroatoms. The molecule has 6 nitrogen and oxygen atoms in total. The van der Waals surface area contributed by atoms with E-state index in [1.807, 2.05) is 25.1 Å². The Morgan fingerprint density at radius 1 is 1.03 bits per heavy atom. The minimum Gasteiger partial charge on any atom is -0.494 e. The maximum atomic E-state index is 12.6. The molecule has 0 saturated carbocycles. The fraction of sp³-hybridized carbons (Fsp3) is 0.304. The SMILES string of the molecule is CCCOc1ccc(NC(=O)c2cc3ccc(N(CC)CC)cc3oc2=O)cc1. The Bertz CT molecular complexity index is 1040. The van der Waals surface area contributed by atoms with E-state index >= 15 is 0 Å². The number of fused-ring (bicyclic) bond motifs is 1. The summed E-state index contributed by atoms with van der Waals surface area (Å²) in [6.07, 6.45) is 0.923. The minimum atomic E-state index is -0.658. The predicted octanol–water partition coefficient (Wildman–Crippen LogP) is 4.68. The molecule has 1 amide bonds. The Balaban J connectivity index is 1.81. The molecule has 0 unspecified atom stereocenters. The van der Waals surface area contributed by atoms with Gasteiger partial charge < -0.3 is 19.4 Å². The summed E-state index contributed by atoms with van der Waals surface area (Å²) in [5, 5.41) is 3.43. The summed E-state index contributed by atoms with van der Waals surface area (Å²) >= 11 is 0. The van der Waals surface area contributed by atoms with E-state index in [-0.39, 0.29) is 5.56 Å². The molecule has 0 aliphatic carbocycles. The summed E-state index contributed by atoms with van der Waals surface area (Å²) in [6.45, 7) is 8.53. The highest BCUT2D eigenvalue weighted by atomic mass is 16.5. The third-order valence-electron chi connectivity index (χ3n) is 4.68. The maximum Gasteiger partial charge on any atom is 0.349 e. The molecule has 0 atom stereocenters. The fourth-order valence-corrected chi connectivity index (χ4v) is 3.10. The van der Waals surface area contributed by atoms with Gasteiger partial charge in [0.2, 0.25) is 0 Å². The van der Waals surface area contributed by atoms with Gasteiger partial charge in [-0.25, -0.2) is 4.79 Å². The summed E-state index contributed by atoms with van der Waals surface area (Å²) in [7, 11) is 0. The van der Waals surface area contributed by atoms with Crippen LogP contribution in [-0.4, -0.2) is 25.6 Å². The van der Waals surface area contributed by atoms with Crippen LogP contribution in [0.4, 0.5) is 11.4 Å². The maximum absolute atomic E-state index is 12.6. The number of hydrogen-bond acceptors (Lipinski definition) is 5. The van der Waals surface area contributed by atoms with Gasteiger partial charge in [0.25, 0.3) is 5.91 Å². The van der Waals surface area contributed by atoms with Crippen molar-refractivity contribution >= 4 is 28.3 Å². The second kappa shape index (κ2) is 9.28. The molecule has 2 aromatic carbocycles. The normalized spacial score (nSPS) is 10.7. The van der Waals surface area contributed by atoms with Crippen molar-refractivity contribution in [1.29, 1.82) is 0 Å². The van der Waals surface area contributed by atoms with Gasteiger partial charge in [-0.3, -0.25) is 4.79 Å². The third-order valence-corrected chi connectivity index (χ3v) is 4.68. The first-order chi connectivity index (χ1) is 14.0. The predicted molar refractivity (Wildman–Crippen MR) is 116 cm³/mol. The molecule has 0 fully saturated rings. The van der Waals surface area contributed by atoms with Gasteiger partial charge in [-0.15, -0.1) is 0 Å². The van der Waals surface area contributed by atoms with Crippen LogP contribution in [0.5, 0.6) is 5.75 Å². The molecular weight excluding hydrogens is 368 g/mol. The summed E-state index contributed by atoms with van der Waals surface area (Å²) in [6, 6.07) is 14.3. The van der Waals surface area contributed by atoms with E-state index in [1.54, 1.807) is 30.3 Å². The molecular formula is C23H26N2O4. The Labute approximate surface area is 170 Å². The molecule has 3 rings (SSSR count). The van der Waals surface area contributed by atoms with Gasteiger partial charge in [-0.05, 0) is 62.7 Å². The average Bonchev–Trinajstić information content (AvgIpc) is 2.73. The van der Waals surface area contributed by atoms with Crippen molar-refractivity contribution in [2.45, 2.75) is 27.2 Å². The van der Waals surface area contributed by atoms with Crippen molar-refractivity contribution in [3.05, 3.63) is 64.5 Å². The Morgan fingerprint density at radius 2 is 1.76 bits per heavy atom. The Hall–Kier alpha value is -3.28. The van der Waals surface area contributed by atoms with Gasteiger partial charge in [-0.2, -0.15) is 0 Å². The second-order valence-electron chi connectivity index (χ2n) is 6.67. The fourth-order valence-electron chi connectivity index (χ4n) is 3.10. The molecule has 0 saturated heterocycles. The lowest BCUT2D eigenvalue weighted by Crippen LogP contribution is -2.22. The largest absolute Gasteiger partial charge is 0.494 e. The number of ether oxygens (including phenoxy) is 1. The lowest BCUT2D eigenvalue weighted by atomic mass is 10.1. The molecule has 0 aliphatic rings. The van der Waals surface area contributed by atoms with Gasteiger partial charge in [0.15, 0.2) is 0 Å². The molecule has 152 valence electrons. The van der Waals surface area contributed by atoms with E-state index in [9.17, 15) is 9.59 Å². The van der Waals surface area contributed by atoms with Crippen molar-refractivity contribution in [3.8, 4) is 5.75 Å². The third kappa shape index (κ3) is 4.77. The minimum absolute atomic E-state index is 0.0283. The monoisotopic (exact) mass is 394 g/mol. The van der Waals surface area contributed by atoms with Gasteiger partial charge in [0.1, 0.15) is 16.9 Å². The number of hydrogen-bond donors (Lipinski definition) is 1. The van der Waals surface area contributed by atoms with Gasteiger partial charge in [0, 0.05) is 35.9 Å². The summed E-state index contributed by atoms with van der Waals surface area (Å²) in [4.78, 5) is 27.1. The molecule has 0 radical (unpaired) electrons. The number of benzene rings is 2. The highest BCUT2D eigenvalue weighted by Crippen LogP contribution is 2.22. The first-order valence-corrected chi connectivity index (χ1v) is 9.92. The van der Waals surface area contributed by atoms with Crippen LogP contribution in [0.25, 0.3) is 11.0 Å². The van der Waals surface area contributed by atoms with Gasteiger partial charge in [0.05, 0.1) is 6.61 Å². The number of carbonyl (C=O) groups is 1.